The van der Waals surface area contributed by atoms with Gasteiger partial charge in [-0.15, -0.1) is 4.88 Å². The van der Waals surface area contributed by atoms with Gasteiger partial charge in [0.15, 0.2) is 15.7 Å². The van der Waals surface area contributed by atoms with E-state index in [4.69, 9.17) is 0 Å². The van der Waals surface area contributed by atoms with Crippen LogP contribution >= 0.6 is 8.96 Å². The molecule has 0 N–H and O–H groups in total. The van der Waals surface area contributed by atoms with E-state index in [9.17, 15) is 0 Å². The van der Waals surface area contributed by atoms with Crippen LogP contribution in [0.15, 0.2) is 10.00 Å². The maximum Gasteiger partial charge on any atom is 0.164 e. The van der Waals surface area contributed by atoms with E-state index in [1.807, 2.05) is 0 Å². The standard InChI is InChI=1S/CH3N2OP/c1-2-3-5-4-1/h5H,1H2. The molecule has 1 unspecified atom stereocenters. The van der Waals surface area contributed by atoms with Crippen LogP contribution < -0.4 is 0 Å². The fourth-order valence-corrected chi connectivity index (χ4v) is 0.433. The fourth-order valence-electron chi connectivity index (χ4n) is 0.144. The molecule has 0 fully saturated rings. The van der Waals surface area contributed by atoms with Gasteiger partial charge in [-0.25, -0.2) is 0 Å². The summed E-state index contributed by atoms with van der Waals surface area (Å²) in [5.41, 5.74) is 0. The predicted molar refractivity (Wildman–Crippen MR) is 19.1 cm³/mol. The highest BCUT2D eigenvalue weighted by Gasteiger charge is 1.86. The Morgan fingerprint density at radius 1 is 1.80 bits per heavy atom. The Morgan fingerprint density at radius 2 is 2.80 bits per heavy atom. The monoisotopic (exact) mass is 90.0 g/mol. The number of nitrogens with zero attached hydrogens (tertiary/aromatic N) is 2. The van der Waals surface area contributed by atoms with E-state index in [2.05, 4.69) is 14.5 Å². The minimum atomic E-state index is 0.267. The number of hydrogen-bond acceptors (Lipinski definition) is 3. The Kier molecular flexibility index (Phi) is 0.914. The molecular formula is CH3N2OP. The zero-order valence-electron chi connectivity index (χ0n) is 2.51. The van der Waals surface area contributed by atoms with Crippen LogP contribution in [0.25, 0.3) is 0 Å². The summed E-state index contributed by atoms with van der Waals surface area (Å²) in [5, 5.41) is 3.50. The van der Waals surface area contributed by atoms with Crippen LogP contribution in [0.2, 0.25) is 0 Å². The lowest BCUT2D eigenvalue weighted by atomic mass is 11.4. The second-order valence-corrected chi connectivity index (χ2v) is 1.28. The Hall–Kier alpha value is -0.0100. The van der Waals surface area contributed by atoms with Crippen molar-refractivity contribution in [3.8, 4) is 0 Å². The van der Waals surface area contributed by atoms with Crippen LogP contribution in [-0.4, -0.2) is 6.73 Å². The molecule has 0 aromatic heterocycles. The second kappa shape index (κ2) is 1.43. The molecule has 0 spiro atoms. The van der Waals surface area contributed by atoms with Crippen molar-refractivity contribution in [3.05, 3.63) is 0 Å². The lowest BCUT2D eigenvalue weighted by Crippen LogP contribution is -1.62. The van der Waals surface area contributed by atoms with Crippen LogP contribution in [-0.2, 0) is 4.52 Å². The van der Waals surface area contributed by atoms with E-state index in [-0.39, 0.29) is 8.96 Å². The molecule has 5 heavy (non-hydrogen) atoms. The van der Waals surface area contributed by atoms with Crippen LogP contribution in [0, 0.1) is 0 Å². The molecule has 0 aliphatic carbocycles. The highest BCUT2D eigenvalue weighted by Crippen LogP contribution is 2.18. The first-order valence-corrected chi connectivity index (χ1v) is 2.09. The van der Waals surface area contributed by atoms with Gasteiger partial charge >= 0.3 is 0 Å². The van der Waals surface area contributed by atoms with Crippen molar-refractivity contribution in [3.63, 3.8) is 0 Å². The summed E-state index contributed by atoms with van der Waals surface area (Å²) in [4.78, 5) is 3.51. The maximum atomic E-state index is 4.64. The summed E-state index contributed by atoms with van der Waals surface area (Å²) in [6.45, 7) is 0.471. The summed E-state index contributed by atoms with van der Waals surface area (Å²) in [7, 11) is 0.267. The third kappa shape index (κ3) is 0.635. The van der Waals surface area contributed by atoms with Crippen molar-refractivity contribution in [2.75, 3.05) is 6.73 Å². The first-order valence-electron chi connectivity index (χ1n) is 1.23. The lowest BCUT2D eigenvalue weighted by molar-refractivity contribution is 0.396. The Labute approximate surface area is 31.4 Å². The fraction of sp³-hybridized carbons (Fsp3) is 1.00. The van der Waals surface area contributed by atoms with E-state index >= 15 is 0 Å². The second-order valence-electron chi connectivity index (χ2n) is 0.606. The van der Waals surface area contributed by atoms with Crippen molar-refractivity contribution >= 4 is 8.96 Å². The van der Waals surface area contributed by atoms with Crippen molar-refractivity contribution in [1.82, 2.24) is 0 Å². The smallest absolute Gasteiger partial charge is 0.164 e. The molecule has 0 aromatic carbocycles. The molecule has 0 aromatic rings. The summed E-state index contributed by atoms with van der Waals surface area (Å²) >= 11 is 0. The molecule has 1 rings (SSSR count). The molecule has 0 bridgehead atoms. The largest absolute Gasteiger partial charge is 0.313 e. The lowest BCUT2D eigenvalue weighted by Gasteiger charge is -1.71. The normalized spacial score (nSPS) is 25.6. The van der Waals surface area contributed by atoms with Crippen molar-refractivity contribution in [2.24, 2.45) is 10.00 Å². The minimum Gasteiger partial charge on any atom is -0.313 e. The van der Waals surface area contributed by atoms with Crippen molar-refractivity contribution in [1.29, 1.82) is 0 Å². The van der Waals surface area contributed by atoms with Gasteiger partial charge in [0.1, 0.15) is 0 Å². The Bertz CT molecular complexity index is 47.6. The van der Waals surface area contributed by atoms with Crippen molar-refractivity contribution < 1.29 is 4.52 Å². The third-order valence-corrected chi connectivity index (χ3v) is 0.780. The minimum absolute atomic E-state index is 0.267. The summed E-state index contributed by atoms with van der Waals surface area (Å²) in [5.74, 6) is 0. The molecule has 0 saturated heterocycles. The quantitative estimate of drug-likeness (QED) is 0.407. The molecule has 1 atom stereocenters. The summed E-state index contributed by atoms with van der Waals surface area (Å²) in [6, 6.07) is 0. The molecule has 1 heterocycles. The van der Waals surface area contributed by atoms with Crippen LogP contribution in [0.5, 0.6) is 0 Å². The van der Waals surface area contributed by atoms with Gasteiger partial charge in [-0.05, 0) is 0 Å². The molecule has 1 aliphatic heterocycles. The average molecular weight is 90.0 g/mol. The number of rotatable bonds is 0. The van der Waals surface area contributed by atoms with Gasteiger partial charge in [-0.2, -0.15) is 5.11 Å². The van der Waals surface area contributed by atoms with Gasteiger partial charge < -0.3 is 4.52 Å². The van der Waals surface area contributed by atoms with E-state index in [1.54, 1.807) is 0 Å². The molecule has 28 valence electrons. The van der Waals surface area contributed by atoms with Gasteiger partial charge in [0.05, 0.1) is 0 Å². The van der Waals surface area contributed by atoms with Gasteiger partial charge in [0.2, 0.25) is 0 Å². The topological polar surface area (TPSA) is 34.0 Å². The van der Waals surface area contributed by atoms with Crippen molar-refractivity contribution in [2.45, 2.75) is 0 Å². The zero-order valence-corrected chi connectivity index (χ0v) is 3.51. The highest BCUT2D eigenvalue weighted by atomic mass is 31.1. The SMILES string of the molecule is C1N=NPO1. The molecule has 0 saturated carbocycles. The van der Waals surface area contributed by atoms with Crippen LogP contribution in [0.3, 0.4) is 0 Å². The third-order valence-electron chi connectivity index (χ3n) is 0.298. The summed E-state index contributed by atoms with van der Waals surface area (Å²) < 4.78 is 4.64. The van der Waals surface area contributed by atoms with Crippen LogP contribution in [0.4, 0.5) is 0 Å². The van der Waals surface area contributed by atoms with Crippen LogP contribution in [0.1, 0.15) is 0 Å². The van der Waals surface area contributed by atoms with E-state index in [0.29, 0.717) is 6.73 Å². The molecule has 1 aliphatic rings. The zero-order chi connectivity index (χ0) is 3.54. The molecule has 3 nitrogen and oxygen atoms in total. The molecule has 0 amide bonds. The molecule has 4 heteroatoms. The van der Waals surface area contributed by atoms with E-state index < -0.39 is 0 Å². The molecule has 0 radical (unpaired) electrons. The highest BCUT2D eigenvalue weighted by molar-refractivity contribution is 7.30. The predicted octanol–water partition coefficient (Wildman–Crippen LogP) is 0.935. The maximum absolute atomic E-state index is 4.64. The first kappa shape index (κ1) is 3.19. The van der Waals surface area contributed by atoms with Gasteiger partial charge in [0.25, 0.3) is 0 Å². The van der Waals surface area contributed by atoms with E-state index in [0.717, 1.165) is 0 Å². The first-order chi connectivity index (χ1) is 2.50. The van der Waals surface area contributed by atoms with Gasteiger partial charge in [-0.1, -0.05) is 0 Å². The van der Waals surface area contributed by atoms with Gasteiger partial charge in [0, 0.05) is 0 Å². The summed E-state index contributed by atoms with van der Waals surface area (Å²) in [6.07, 6.45) is 0. The van der Waals surface area contributed by atoms with E-state index in [1.165, 1.54) is 0 Å². The Balaban J connectivity index is 2.32. The molecular weight excluding hydrogens is 87.0 g/mol. The number of hydrogen-bond donors (Lipinski definition) is 0. The average Bonchev–Trinajstić information content (AvgIpc) is 1.76. The Morgan fingerprint density at radius 3 is 3.00 bits per heavy atom. The van der Waals surface area contributed by atoms with Gasteiger partial charge in [-0.3, -0.25) is 0 Å².